The molecule has 31 heavy (non-hydrogen) atoms. The molecular formula is C20H18N6O3S2. The van der Waals surface area contributed by atoms with Crippen molar-refractivity contribution in [1.82, 2.24) is 29.8 Å². The van der Waals surface area contributed by atoms with Gasteiger partial charge in [0.25, 0.3) is 22.8 Å². The number of nitrogens with one attached hydrogen (secondary N) is 1. The fraction of sp³-hybridized carbons (Fsp3) is 0.200. The Morgan fingerprint density at radius 2 is 2.00 bits per heavy atom. The lowest BCUT2D eigenvalue weighted by Gasteiger charge is -2.12. The van der Waals surface area contributed by atoms with Crippen LogP contribution in [0.5, 0.6) is 0 Å². The molecule has 1 saturated heterocycles. The van der Waals surface area contributed by atoms with Gasteiger partial charge in [-0.15, -0.1) is 16.9 Å². The lowest BCUT2D eigenvalue weighted by molar-refractivity contribution is -0.122. The molecule has 1 aliphatic rings. The van der Waals surface area contributed by atoms with Gasteiger partial charge in [-0.2, -0.15) is 4.98 Å². The molecule has 3 aromatic rings. The van der Waals surface area contributed by atoms with Crippen molar-refractivity contribution in [2.75, 3.05) is 19.3 Å². The summed E-state index contributed by atoms with van der Waals surface area (Å²) in [7, 11) is 0. The van der Waals surface area contributed by atoms with Crippen molar-refractivity contribution in [1.29, 1.82) is 0 Å². The number of nitrogens with zero attached hydrogens (tertiary/aromatic N) is 5. The summed E-state index contributed by atoms with van der Waals surface area (Å²) in [4.78, 5) is 48.0. The van der Waals surface area contributed by atoms with E-state index in [2.05, 4.69) is 20.4 Å². The van der Waals surface area contributed by atoms with Crippen molar-refractivity contribution in [2.24, 2.45) is 0 Å². The number of hydrogen-bond acceptors (Lipinski definition) is 8. The fourth-order valence-corrected chi connectivity index (χ4v) is 4.18. The molecule has 4 rings (SSSR count). The van der Waals surface area contributed by atoms with Crippen LogP contribution in [0.1, 0.15) is 21.9 Å². The van der Waals surface area contributed by atoms with Gasteiger partial charge in [-0.1, -0.05) is 12.1 Å². The Balaban J connectivity index is 1.37. The highest BCUT2D eigenvalue weighted by Crippen LogP contribution is 2.32. The lowest BCUT2D eigenvalue weighted by atomic mass is 10.2. The first-order chi connectivity index (χ1) is 15.0. The van der Waals surface area contributed by atoms with Crippen LogP contribution in [-0.4, -0.2) is 60.9 Å². The van der Waals surface area contributed by atoms with Gasteiger partial charge in [-0.25, -0.2) is 9.50 Å². The predicted molar refractivity (Wildman–Crippen MR) is 119 cm³/mol. The topological polar surface area (TPSA) is 110 Å². The van der Waals surface area contributed by atoms with Gasteiger partial charge >= 0.3 is 0 Å². The molecular weight excluding hydrogens is 436 g/mol. The summed E-state index contributed by atoms with van der Waals surface area (Å²) in [5.74, 6) is -0.568. The fourth-order valence-electron chi connectivity index (χ4n) is 2.91. The minimum atomic E-state index is -0.499. The van der Waals surface area contributed by atoms with E-state index in [0.717, 1.165) is 32.8 Å². The predicted octanol–water partition coefficient (Wildman–Crippen LogP) is 2.62. The van der Waals surface area contributed by atoms with E-state index in [1.165, 1.54) is 4.52 Å². The van der Waals surface area contributed by atoms with E-state index in [1.54, 1.807) is 30.1 Å². The van der Waals surface area contributed by atoms with E-state index >= 15 is 0 Å². The third kappa shape index (κ3) is 4.47. The Kier molecular flexibility index (Phi) is 6.05. The number of rotatable bonds is 6. The molecule has 1 N–H and O–H groups in total. The molecule has 11 heteroatoms. The van der Waals surface area contributed by atoms with Gasteiger partial charge in [0.15, 0.2) is 0 Å². The Morgan fingerprint density at radius 1 is 1.23 bits per heavy atom. The second-order valence-electron chi connectivity index (χ2n) is 6.60. The second kappa shape index (κ2) is 8.90. The third-order valence-corrected chi connectivity index (χ3v) is 6.19. The summed E-state index contributed by atoms with van der Waals surface area (Å²) in [6.45, 7) is 1.98. The van der Waals surface area contributed by atoms with E-state index in [9.17, 15) is 14.4 Å². The minimum Gasteiger partial charge on any atom is -0.347 e. The lowest BCUT2D eigenvalue weighted by Crippen LogP contribution is -2.37. The van der Waals surface area contributed by atoms with E-state index in [1.807, 2.05) is 37.4 Å². The molecule has 2 aromatic heterocycles. The van der Waals surface area contributed by atoms with Crippen LogP contribution in [0.2, 0.25) is 0 Å². The van der Waals surface area contributed by atoms with Crippen molar-refractivity contribution in [3.05, 3.63) is 58.5 Å². The Bertz CT molecular complexity index is 1210. The van der Waals surface area contributed by atoms with Crippen LogP contribution in [0.15, 0.2) is 46.3 Å². The van der Waals surface area contributed by atoms with E-state index in [4.69, 9.17) is 0 Å². The molecule has 0 saturated carbocycles. The van der Waals surface area contributed by atoms with Gasteiger partial charge in [-0.3, -0.25) is 19.3 Å². The first-order valence-corrected chi connectivity index (χ1v) is 11.4. The molecule has 0 atom stereocenters. The van der Waals surface area contributed by atoms with Crippen LogP contribution >= 0.6 is 23.5 Å². The number of carbonyl (C=O) groups excluding carboxylic acids is 3. The largest absolute Gasteiger partial charge is 0.347 e. The molecule has 1 aliphatic heterocycles. The highest BCUT2D eigenvalue weighted by molar-refractivity contribution is 8.18. The second-order valence-corrected chi connectivity index (χ2v) is 8.47. The first-order valence-electron chi connectivity index (χ1n) is 9.32. The molecule has 0 bridgehead atoms. The van der Waals surface area contributed by atoms with E-state index < -0.39 is 5.91 Å². The Labute approximate surface area is 186 Å². The number of hydrogen-bond donors (Lipinski definition) is 1. The summed E-state index contributed by atoms with van der Waals surface area (Å²) in [6, 6.07) is 9.48. The number of carbonyl (C=O) groups is 3. The quantitative estimate of drug-likeness (QED) is 0.447. The minimum absolute atomic E-state index is 0.0236. The monoisotopic (exact) mass is 454 g/mol. The van der Waals surface area contributed by atoms with Gasteiger partial charge in [0.2, 0.25) is 5.82 Å². The molecule has 0 radical (unpaired) electrons. The maximum atomic E-state index is 12.6. The maximum Gasteiger partial charge on any atom is 0.293 e. The van der Waals surface area contributed by atoms with Crippen LogP contribution < -0.4 is 5.32 Å². The maximum absolute atomic E-state index is 12.6. The van der Waals surface area contributed by atoms with Crippen molar-refractivity contribution in [2.45, 2.75) is 11.8 Å². The van der Waals surface area contributed by atoms with Crippen molar-refractivity contribution in [3.63, 3.8) is 0 Å². The van der Waals surface area contributed by atoms with Crippen molar-refractivity contribution in [3.8, 4) is 0 Å². The highest BCUT2D eigenvalue weighted by Gasteiger charge is 2.34. The summed E-state index contributed by atoms with van der Waals surface area (Å²) < 4.78 is 1.47. The van der Waals surface area contributed by atoms with Gasteiger partial charge in [0.05, 0.1) is 4.91 Å². The normalized spacial score (nSPS) is 15.3. The van der Waals surface area contributed by atoms with Crippen molar-refractivity contribution >= 4 is 52.4 Å². The molecule has 0 unspecified atom stereocenters. The average molecular weight is 455 g/mol. The SMILES string of the molecule is CSc1ccc(C=C2SC(=O)N(CCNC(=O)c3nc4nccc(C)n4n3)C2=O)cc1. The molecule has 158 valence electrons. The molecule has 1 fully saturated rings. The number of aryl methyl sites for hydroxylation is 1. The Hall–Kier alpha value is -3.18. The zero-order valence-electron chi connectivity index (χ0n) is 16.7. The van der Waals surface area contributed by atoms with Gasteiger partial charge in [0.1, 0.15) is 0 Å². The summed E-state index contributed by atoms with van der Waals surface area (Å²) in [5.41, 5.74) is 1.64. The third-order valence-electron chi connectivity index (χ3n) is 4.54. The molecule has 0 aliphatic carbocycles. The van der Waals surface area contributed by atoms with Gasteiger partial charge < -0.3 is 5.32 Å². The molecule has 3 amide bonds. The highest BCUT2D eigenvalue weighted by atomic mass is 32.2. The van der Waals surface area contributed by atoms with E-state index in [0.29, 0.717) is 10.7 Å². The summed E-state index contributed by atoms with van der Waals surface area (Å²) in [5, 5.41) is 6.41. The molecule has 9 nitrogen and oxygen atoms in total. The van der Waals surface area contributed by atoms with Crippen LogP contribution in [0, 0.1) is 6.92 Å². The zero-order valence-corrected chi connectivity index (χ0v) is 18.4. The number of thioether (sulfide) groups is 2. The molecule has 1 aromatic carbocycles. The van der Waals surface area contributed by atoms with Gasteiger partial charge in [0, 0.05) is 29.9 Å². The number of aromatic nitrogens is 4. The zero-order chi connectivity index (χ0) is 22.0. The Morgan fingerprint density at radius 3 is 2.71 bits per heavy atom. The van der Waals surface area contributed by atoms with Crippen LogP contribution in [0.4, 0.5) is 4.79 Å². The standard InChI is InChI=1S/C20H18N6O3S2/c1-12-7-8-22-19-23-16(24-26(12)19)17(27)21-9-10-25-18(28)15(31-20(25)29)11-13-3-5-14(30-2)6-4-13/h3-8,11H,9-10H2,1-2H3,(H,21,27). The van der Waals surface area contributed by atoms with Gasteiger partial charge in [-0.05, 0) is 54.8 Å². The van der Waals surface area contributed by atoms with Crippen LogP contribution in [0.25, 0.3) is 11.9 Å². The number of amides is 3. The summed E-state index contributed by atoms with van der Waals surface area (Å²) in [6.07, 6.45) is 5.27. The number of fused-ring (bicyclic) bond motifs is 1. The molecule has 0 spiro atoms. The number of imide groups is 1. The molecule has 3 heterocycles. The average Bonchev–Trinajstić information content (AvgIpc) is 3.32. The van der Waals surface area contributed by atoms with Crippen LogP contribution in [0.3, 0.4) is 0 Å². The number of benzene rings is 1. The smallest absolute Gasteiger partial charge is 0.293 e. The first kappa shape index (κ1) is 21.1. The summed E-state index contributed by atoms with van der Waals surface area (Å²) >= 11 is 2.52. The van der Waals surface area contributed by atoms with E-state index in [-0.39, 0.29) is 30.1 Å². The van der Waals surface area contributed by atoms with Crippen LogP contribution in [-0.2, 0) is 4.79 Å². The van der Waals surface area contributed by atoms with Crippen molar-refractivity contribution < 1.29 is 14.4 Å².